The third-order valence-electron chi connectivity index (χ3n) is 5.72. The molecule has 2 amide bonds. The number of nitrogens with zero attached hydrogens (tertiary/aromatic N) is 8. The Morgan fingerprint density at radius 2 is 1.91 bits per heavy atom. The predicted molar refractivity (Wildman–Crippen MR) is 111 cm³/mol. The van der Waals surface area contributed by atoms with Gasteiger partial charge in [-0.3, -0.25) is 4.90 Å². The molecule has 0 saturated heterocycles. The fourth-order valence-electron chi connectivity index (χ4n) is 4.09. The quantitative estimate of drug-likeness (QED) is 0.474. The minimum Gasteiger partial charge on any atom is -0.351 e. The highest BCUT2D eigenvalue weighted by Crippen LogP contribution is 2.51. The first-order chi connectivity index (χ1) is 15.5. The maximum absolute atomic E-state index is 14.2. The smallest absolute Gasteiger partial charge is 0.351 e. The molecule has 10 nitrogen and oxygen atoms in total. The highest BCUT2D eigenvalue weighted by molar-refractivity contribution is 6.32. The molecule has 0 spiro atoms. The van der Waals surface area contributed by atoms with E-state index >= 15 is 0 Å². The monoisotopic (exact) mass is 477 g/mol. The van der Waals surface area contributed by atoms with E-state index in [1.54, 1.807) is 13.0 Å². The molecule has 1 aliphatic rings. The summed E-state index contributed by atoms with van der Waals surface area (Å²) in [6.45, 7) is 1.99. The van der Waals surface area contributed by atoms with E-state index in [9.17, 15) is 18.0 Å². The lowest BCUT2D eigenvalue weighted by atomic mass is 9.84. The molecular weight excluding hydrogens is 463 g/mol. The molecule has 0 fully saturated rings. The normalized spacial score (nSPS) is 18.2. The van der Waals surface area contributed by atoms with Gasteiger partial charge in [-0.15, -0.1) is 4.80 Å². The van der Waals surface area contributed by atoms with Gasteiger partial charge >= 0.3 is 12.2 Å². The van der Waals surface area contributed by atoms with Crippen molar-refractivity contribution >= 4 is 29.0 Å². The highest BCUT2D eigenvalue weighted by atomic mass is 35.5. The van der Waals surface area contributed by atoms with E-state index in [1.807, 2.05) is 0 Å². The van der Waals surface area contributed by atoms with Crippen molar-refractivity contribution in [3.8, 4) is 17.1 Å². The van der Waals surface area contributed by atoms with E-state index in [-0.39, 0.29) is 27.7 Å². The van der Waals surface area contributed by atoms with Crippen LogP contribution in [0.1, 0.15) is 18.2 Å². The van der Waals surface area contributed by atoms with Crippen molar-refractivity contribution in [1.82, 2.24) is 34.6 Å². The summed E-state index contributed by atoms with van der Waals surface area (Å²) in [4.78, 5) is 22.6. The lowest BCUT2D eigenvalue weighted by Crippen LogP contribution is -2.46. The Labute approximate surface area is 188 Å². The van der Waals surface area contributed by atoms with Gasteiger partial charge in [0, 0.05) is 23.9 Å². The summed E-state index contributed by atoms with van der Waals surface area (Å²) >= 11 is 6.37. The van der Waals surface area contributed by atoms with Crippen molar-refractivity contribution in [3.63, 3.8) is 0 Å². The number of urea groups is 1. The van der Waals surface area contributed by atoms with Crippen molar-refractivity contribution in [3.05, 3.63) is 47.1 Å². The van der Waals surface area contributed by atoms with Gasteiger partial charge in [-0.25, -0.2) is 19.3 Å². The molecule has 5 heterocycles. The average Bonchev–Trinajstić information content (AvgIpc) is 3.43. The molecule has 5 rings (SSSR count). The number of imidazole rings is 1. The van der Waals surface area contributed by atoms with Crippen molar-refractivity contribution in [2.24, 2.45) is 5.73 Å². The molecule has 1 unspecified atom stereocenters. The fraction of sp³-hybridized carbons (Fsp3) is 0.263. The van der Waals surface area contributed by atoms with E-state index in [0.717, 1.165) is 11.8 Å². The maximum Gasteiger partial charge on any atom is 0.400 e. The maximum atomic E-state index is 14.2. The number of alkyl halides is 3. The van der Waals surface area contributed by atoms with Crippen LogP contribution in [0.3, 0.4) is 0 Å². The molecule has 4 aromatic heterocycles. The van der Waals surface area contributed by atoms with E-state index in [1.165, 1.54) is 34.1 Å². The van der Waals surface area contributed by atoms with Gasteiger partial charge in [-0.1, -0.05) is 11.6 Å². The van der Waals surface area contributed by atoms with Gasteiger partial charge < -0.3 is 5.73 Å². The number of hydrogen-bond donors (Lipinski definition) is 1. The molecule has 1 aliphatic heterocycles. The van der Waals surface area contributed by atoms with Gasteiger partial charge in [0.15, 0.2) is 11.5 Å². The summed E-state index contributed by atoms with van der Waals surface area (Å²) < 4.78 is 43.8. The van der Waals surface area contributed by atoms with Crippen molar-refractivity contribution in [2.75, 3.05) is 11.4 Å². The van der Waals surface area contributed by atoms with Crippen LogP contribution in [0.5, 0.6) is 0 Å². The van der Waals surface area contributed by atoms with Gasteiger partial charge in [-0.2, -0.15) is 28.5 Å². The molecular formula is C19H15ClF3N9O. The van der Waals surface area contributed by atoms with E-state index in [4.69, 9.17) is 17.3 Å². The van der Waals surface area contributed by atoms with Gasteiger partial charge in [0.2, 0.25) is 0 Å². The minimum absolute atomic E-state index is 0.0253. The van der Waals surface area contributed by atoms with Crippen LogP contribution in [0.25, 0.3) is 22.7 Å². The second-order valence-corrected chi connectivity index (χ2v) is 8.20. The molecule has 0 aromatic carbocycles. The number of carbonyl (C=O) groups excluding carboxylic acids is 1. The van der Waals surface area contributed by atoms with Crippen LogP contribution >= 0.6 is 11.6 Å². The van der Waals surface area contributed by atoms with Gasteiger partial charge in [-0.05, 0) is 19.9 Å². The van der Waals surface area contributed by atoms with Crippen molar-refractivity contribution in [2.45, 2.75) is 25.4 Å². The van der Waals surface area contributed by atoms with Gasteiger partial charge in [0.1, 0.15) is 5.41 Å². The topological polar surface area (TPSA) is 120 Å². The lowest BCUT2D eigenvalue weighted by Gasteiger charge is -2.28. The van der Waals surface area contributed by atoms with Gasteiger partial charge in [0.05, 0.1) is 40.7 Å². The van der Waals surface area contributed by atoms with Gasteiger partial charge in [0.25, 0.3) is 0 Å². The van der Waals surface area contributed by atoms with Crippen molar-refractivity contribution < 1.29 is 18.0 Å². The van der Waals surface area contributed by atoms with Crippen LogP contribution in [0.15, 0.2) is 30.9 Å². The molecule has 0 aliphatic carbocycles. The lowest BCUT2D eigenvalue weighted by molar-refractivity contribution is -0.180. The van der Waals surface area contributed by atoms with Crippen LogP contribution in [0, 0.1) is 6.92 Å². The third kappa shape index (κ3) is 2.95. The second kappa shape index (κ2) is 6.88. The van der Waals surface area contributed by atoms with E-state index in [0.29, 0.717) is 17.0 Å². The number of fused-ring (bicyclic) bond motifs is 3. The highest BCUT2D eigenvalue weighted by Gasteiger charge is 2.60. The number of aryl methyl sites for hydroxylation is 1. The summed E-state index contributed by atoms with van der Waals surface area (Å²) in [5.41, 5.74) is 4.02. The zero-order valence-corrected chi connectivity index (χ0v) is 17.9. The molecule has 2 N–H and O–H groups in total. The number of anilines is 1. The van der Waals surface area contributed by atoms with Crippen LogP contribution in [0.4, 0.5) is 23.7 Å². The Morgan fingerprint density at radius 3 is 2.52 bits per heavy atom. The first kappa shape index (κ1) is 21.1. The molecule has 1 atom stereocenters. The zero-order valence-electron chi connectivity index (χ0n) is 17.2. The number of halogens is 4. The Kier molecular flexibility index (Phi) is 4.40. The Morgan fingerprint density at radius 1 is 1.21 bits per heavy atom. The zero-order chi connectivity index (χ0) is 23.7. The number of rotatable bonds is 2. The predicted octanol–water partition coefficient (Wildman–Crippen LogP) is 3.05. The third-order valence-corrected chi connectivity index (χ3v) is 5.99. The molecule has 170 valence electrons. The molecule has 33 heavy (non-hydrogen) atoms. The number of hydrogen-bond acceptors (Lipinski definition) is 6. The SMILES string of the molecule is Cc1nc2c3c(cnn2c1-c1cnc(-n2nccn2)c(Cl)c1)N(C(N)=O)CC3(C)C(F)(F)F. The number of carbonyl (C=O) groups is 1. The minimum atomic E-state index is -4.67. The number of primary amides is 1. The molecule has 0 saturated carbocycles. The molecule has 0 bridgehead atoms. The van der Waals surface area contributed by atoms with E-state index < -0.39 is 24.2 Å². The van der Waals surface area contributed by atoms with Crippen LogP contribution in [-0.2, 0) is 5.41 Å². The molecule has 14 heteroatoms. The second-order valence-electron chi connectivity index (χ2n) is 7.79. The molecule has 4 aromatic rings. The number of amides is 2. The fourth-order valence-corrected chi connectivity index (χ4v) is 4.33. The number of nitrogens with two attached hydrogens (primary N) is 1. The number of aromatic nitrogens is 7. The van der Waals surface area contributed by atoms with Crippen molar-refractivity contribution in [1.29, 1.82) is 0 Å². The Balaban J connectivity index is 1.74. The summed E-state index contributed by atoms with van der Waals surface area (Å²) in [7, 11) is 0. The Hall–Kier alpha value is -3.74. The van der Waals surface area contributed by atoms with E-state index in [2.05, 4.69) is 25.3 Å². The Bertz CT molecular complexity index is 1420. The molecule has 0 radical (unpaired) electrons. The summed E-state index contributed by atoms with van der Waals surface area (Å²) in [5, 5.41) is 12.5. The summed E-state index contributed by atoms with van der Waals surface area (Å²) in [6.07, 6.45) is 0.938. The van der Waals surface area contributed by atoms with Crippen LogP contribution < -0.4 is 10.6 Å². The first-order valence-corrected chi connectivity index (χ1v) is 9.96. The largest absolute Gasteiger partial charge is 0.400 e. The summed E-state index contributed by atoms with van der Waals surface area (Å²) in [5.74, 6) is 0.285. The van der Waals surface area contributed by atoms with Crippen LogP contribution in [0.2, 0.25) is 5.02 Å². The standard InChI is InChI=1S/C19H15ClF3N9O/c1-9-14(10-5-11(20)15(25-6-10)32-26-3-4-27-32)31-16(29-9)13-12(7-28-31)30(17(24)33)8-18(13,2)19(21,22)23/h3-7H,8H2,1-2H3,(H2,24,33). The summed E-state index contributed by atoms with van der Waals surface area (Å²) in [6, 6.07) is 0.578. The van der Waals surface area contributed by atoms with Crippen LogP contribution in [-0.4, -0.2) is 53.3 Å². The first-order valence-electron chi connectivity index (χ1n) is 9.58. The average molecular weight is 478 g/mol. The number of pyridine rings is 1.